The molecule has 6 nitrogen and oxygen atoms in total. The van der Waals surface area contributed by atoms with Crippen molar-refractivity contribution in [2.45, 2.75) is 32.9 Å². The van der Waals surface area contributed by atoms with Gasteiger partial charge in [0.15, 0.2) is 5.75 Å². The first kappa shape index (κ1) is 15.4. The van der Waals surface area contributed by atoms with Gasteiger partial charge in [0, 0.05) is 6.07 Å². The van der Waals surface area contributed by atoms with Crippen molar-refractivity contribution in [3.8, 4) is 5.75 Å². The van der Waals surface area contributed by atoms with Crippen LogP contribution in [0.1, 0.15) is 32.4 Å². The predicted octanol–water partition coefficient (Wildman–Crippen LogP) is 2.01. The van der Waals surface area contributed by atoms with Crippen molar-refractivity contribution in [3.63, 3.8) is 0 Å². The summed E-state index contributed by atoms with van der Waals surface area (Å²) in [7, 11) is 1.37. The zero-order chi connectivity index (χ0) is 14.8. The van der Waals surface area contributed by atoms with Gasteiger partial charge in [-0.2, -0.15) is 0 Å². The van der Waals surface area contributed by atoms with Gasteiger partial charge >= 0.3 is 5.69 Å². The van der Waals surface area contributed by atoms with E-state index in [4.69, 9.17) is 10.5 Å². The summed E-state index contributed by atoms with van der Waals surface area (Å²) in [6.45, 7) is 5.57. The van der Waals surface area contributed by atoms with Crippen LogP contribution in [0.5, 0.6) is 5.75 Å². The Labute approximate surface area is 112 Å². The van der Waals surface area contributed by atoms with E-state index in [-0.39, 0.29) is 11.4 Å². The lowest BCUT2D eigenvalue weighted by Crippen LogP contribution is -2.36. The summed E-state index contributed by atoms with van der Waals surface area (Å²) in [5, 5.41) is 21.1. The molecule has 0 heterocycles. The third kappa shape index (κ3) is 3.42. The molecular formula is C13H20N2O4. The maximum Gasteiger partial charge on any atom is 0.311 e. The topological polar surface area (TPSA) is 98.6 Å². The molecule has 6 heteroatoms. The van der Waals surface area contributed by atoms with E-state index in [2.05, 4.69) is 0 Å². The number of aliphatic hydroxyl groups is 1. The number of hydrogen-bond acceptors (Lipinski definition) is 5. The van der Waals surface area contributed by atoms with E-state index in [1.54, 1.807) is 6.07 Å². The maximum atomic E-state index is 10.9. The minimum atomic E-state index is -0.805. The summed E-state index contributed by atoms with van der Waals surface area (Å²) in [5.74, 6) is 0.172. The lowest BCUT2D eigenvalue weighted by molar-refractivity contribution is -0.385. The van der Waals surface area contributed by atoms with Crippen LogP contribution in [0.15, 0.2) is 18.2 Å². The fraction of sp³-hybridized carbons (Fsp3) is 0.538. The van der Waals surface area contributed by atoms with Crippen LogP contribution in [-0.4, -0.2) is 23.2 Å². The molecule has 0 aromatic heterocycles. The maximum absolute atomic E-state index is 10.9. The Morgan fingerprint density at radius 2 is 2.00 bits per heavy atom. The van der Waals surface area contributed by atoms with Gasteiger partial charge in [-0.25, -0.2) is 0 Å². The largest absolute Gasteiger partial charge is 0.490 e. The average molecular weight is 268 g/mol. The van der Waals surface area contributed by atoms with E-state index < -0.39 is 22.5 Å². The third-order valence-electron chi connectivity index (χ3n) is 3.01. The zero-order valence-electron chi connectivity index (χ0n) is 11.6. The van der Waals surface area contributed by atoms with Gasteiger partial charge in [-0.15, -0.1) is 0 Å². The monoisotopic (exact) mass is 268 g/mol. The normalized spacial score (nSPS) is 14.8. The molecule has 0 spiro atoms. The van der Waals surface area contributed by atoms with Gasteiger partial charge in [0.25, 0.3) is 0 Å². The molecule has 106 valence electrons. The summed E-state index contributed by atoms with van der Waals surface area (Å²) in [6, 6.07) is 3.77. The molecular weight excluding hydrogens is 248 g/mol. The number of nitro groups is 1. The first-order valence-electron chi connectivity index (χ1n) is 5.94. The highest BCUT2D eigenvalue weighted by Crippen LogP contribution is 2.33. The smallest absolute Gasteiger partial charge is 0.311 e. The van der Waals surface area contributed by atoms with Gasteiger partial charge in [0.2, 0.25) is 0 Å². The van der Waals surface area contributed by atoms with Gasteiger partial charge < -0.3 is 15.6 Å². The van der Waals surface area contributed by atoms with Gasteiger partial charge in [0.05, 0.1) is 24.2 Å². The highest BCUT2D eigenvalue weighted by Gasteiger charge is 2.30. The lowest BCUT2D eigenvalue weighted by atomic mass is 9.82. The highest BCUT2D eigenvalue weighted by atomic mass is 16.6. The summed E-state index contributed by atoms with van der Waals surface area (Å²) in [6.07, 6.45) is -0.805. The molecule has 1 aromatic rings. The number of rotatable bonds is 4. The quantitative estimate of drug-likeness (QED) is 0.643. The fourth-order valence-corrected chi connectivity index (χ4v) is 1.78. The Morgan fingerprint density at radius 1 is 1.42 bits per heavy atom. The molecule has 0 saturated carbocycles. The minimum Gasteiger partial charge on any atom is -0.490 e. The SMILES string of the molecule is COc1ccc([C@@H](N)[C@@H](O)C(C)(C)C)cc1[N+](=O)[O-]. The van der Waals surface area contributed by atoms with Crippen LogP contribution in [-0.2, 0) is 0 Å². The highest BCUT2D eigenvalue weighted by molar-refractivity contribution is 5.49. The molecule has 0 unspecified atom stereocenters. The minimum absolute atomic E-state index is 0.156. The van der Waals surface area contributed by atoms with Crippen molar-refractivity contribution in [3.05, 3.63) is 33.9 Å². The van der Waals surface area contributed by atoms with Gasteiger partial charge in [-0.1, -0.05) is 26.8 Å². The average Bonchev–Trinajstić information content (AvgIpc) is 2.34. The summed E-state index contributed by atoms with van der Waals surface area (Å²) in [5.41, 5.74) is 5.92. The van der Waals surface area contributed by atoms with Gasteiger partial charge in [0.1, 0.15) is 0 Å². The van der Waals surface area contributed by atoms with Gasteiger partial charge in [-0.3, -0.25) is 10.1 Å². The van der Waals surface area contributed by atoms with E-state index in [1.807, 2.05) is 20.8 Å². The molecule has 0 saturated heterocycles. The number of hydrogen-bond donors (Lipinski definition) is 2. The molecule has 0 fully saturated rings. The number of methoxy groups -OCH3 is 1. The van der Waals surface area contributed by atoms with E-state index in [0.717, 1.165) is 0 Å². The molecule has 3 N–H and O–H groups in total. The molecule has 0 amide bonds. The molecule has 1 aromatic carbocycles. The third-order valence-corrected chi connectivity index (χ3v) is 3.01. The Kier molecular flexibility index (Phi) is 4.49. The fourth-order valence-electron chi connectivity index (χ4n) is 1.78. The van der Waals surface area contributed by atoms with Crippen molar-refractivity contribution in [2.75, 3.05) is 7.11 Å². The summed E-state index contributed by atoms with van der Waals surface area (Å²) < 4.78 is 4.92. The molecule has 0 radical (unpaired) electrons. The Hall–Kier alpha value is -1.66. The van der Waals surface area contributed by atoms with Crippen LogP contribution < -0.4 is 10.5 Å². The predicted molar refractivity (Wildman–Crippen MR) is 72.0 cm³/mol. The zero-order valence-corrected chi connectivity index (χ0v) is 11.6. The molecule has 0 aliphatic carbocycles. The van der Waals surface area contributed by atoms with Crippen molar-refractivity contribution in [2.24, 2.45) is 11.1 Å². The summed E-state index contributed by atoms with van der Waals surface area (Å²) in [4.78, 5) is 10.4. The second-order valence-electron chi connectivity index (χ2n) is 5.53. The van der Waals surface area contributed by atoms with Crippen molar-refractivity contribution in [1.29, 1.82) is 0 Å². The van der Waals surface area contributed by atoms with Crippen LogP contribution in [0, 0.1) is 15.5 Å². The number of nitrogens with zero attached hydrogens (tertiary/aromatic N) is 1. The van der Waals surface area contributed by atoms with Crippen molar-refractivity contribution in [1.82, 2.24) is 0 Å². The van der Waals surface area contributed by atoms with E-state index in [1.165, 1.54) is 19.2 Å². The number of ether oxygens (including phenoxy) is 1. The number of nitrogens with two attached hydrogens (primary N) is 1. The Morgan fingerprint density at radius 3 is 2.42 bits per heavy atom. The molecule has 2 atom stereocenters. The number of aliphatic hydroxyl groups excluding tert-OH is 1. The molecule has 0 aliphatic heterocycles. The van der Waals surface area contributed by atoms with Crippen LogP contribution in [0.25, 0.3) is 0 Å². The molecule has 0 aliphatic rings. The Bertz CT molecular complexity index is 468. The van der Waals surface area contributed by atoms with E-state index in [9.17, 15) is 15.2 Å². The lowest BCUT2D eigenvalue weighted by Gasteiger charge is -2.31. The van der Waals surface area contributed by atoms with Crippen molar-refractivity contribution >= 4 is 5.69 Å². The van der Waals surface area contributed by atoms with Crippen LogP contribution in [0.4, 0.5) is 5.69 Å². The first-order chi connectivity index (χ1) is 8.68. The number of nitro benzene ring substituents is 1. The standard InChI is InChI=1S/C13H20N2O4/c1-13(2,3)12(16)11(14)8-5-6-10(19-4)9(7-8)15(17)18/h5-7,11-12,16H,14H2,1-4H3/t11-,12-/m1/s1. The summed E-state index contributed by atoms with van der Waals surface area (Å²) >= 11 is 0. The molecule has 1 rings (SSSR count). The van der Waals surface area contributed by atoms with Crippen molar-refractivity contribution < 1.29 is 14.8 Å². The first-order valence-corrected chi connectivity index (χ1v) is 5.94. The van der Waals surface area contributed by atoms with E-state index >= 15 is 0 Å². The molecule has 0 bridgehead atoms. The second kappa shape index (κ2) is 5.54. The van der Waals surface area contributed by atoms with Crippen LogP contribution in [0.3, 0.4) is 0 Å². The Balaban J connectivity index is 3.15. The van der Waals surface area contributed by atoms with Crippen LogP contribution >= 0.6 is 0 Å². The van der Waals surface area contributed by atoms with Gasteiger partial charge in [-0.05, 0) is 17.0 Å². The molecule has 19 heavy (non-hydrogen) atoms. The van der Waals surface area contributed by atoms with Crippen LogP contribution in [0.2, 0.25) is 0 Å². The number of benzene rings is 1. The van der Waals surface area contributed by atoms with E-state index in [0.29, 0.717) is 5.56 Å². The second-order valence-corrected chi connectivity index (χ2v) is 5.53.